The molecule has 36 heavy (non-hydrogen) atoms. The monoisotopic (exact) mass is 538 g/mol. The minimum absolute atomic E-state index is 0.0154. The lowest BCUT2D eigenvalue weighted by atomic mass is 10.0. The van der Waals surface area contributed by atoms with E-state index in [1.807, 2.05) is 0 Å². The number of rotatable bonds is 6. The molecule has 0 saturated carbocycles. The zero-order valence-corrected chi connectivity index (χ0v) is 20.0. The van der Waals surface area contributed by atoms with Crippen molar-refractivity contribution in [1.29, 1.82) is 5.26 Å². The molecule has 0 aliphatic carbocycles. The molecule has 2 aromatic rings. The summed E-state index contributed by atoms with van der Waals surface area (Å²) in [6, 6.07) is 9.65. The second-order valence-electron chi connectivity index (χ2n) is 7.43. The van der Waals surface area contributed by atoms with E-state index in [2.05, 4.69) is 27.3 Å². The Morgan fingerprint density at radius 3 is 2.75 bits per heavy atom. The van der Waals surface area contributed by atoms with Gasteiger partial charge in [-0.25, -0.2) is 9.80 Å². The van der Waals surface area contributed by atoms with Crippen LogP contribution in [0.5, 0.6) is 0 Å². The van der Waals surface area contributed by atoms with Gasteiger partial charge in [-0.05, 0) is 29.8 Å². The van der Waals surface area contributed by atoms with Crippen molar-refractivity contribution in [2.45, 2.75) is 18.6 Å². The summed E-state index contributed by atoms with van der Waals surface area (Å²) in [4.78, 5) is 15.9. The Morgan fingerprint density at radius 2 is 2.08 bits per heavy atom. The van der Waals surface area contributed by atoms with Gasteiger partial charge < -0.3 is 15.4 Å². The van der Waals surface area contributed by atoms with Crippen LogP contribution >= 0.6 is 23.2 Å². The van der Waals surface area contributed by atoms with E-state index in [-0.39, 0.29) is 35.4 Å². The minimum atomic E-state index is -4.38. The lowest BCUT2D eigenvalue weighted by molar-refractivity contribution is -0.127. The number of carbonyl (C=O) groups is 1. The molecule has 0 spiro atoms. The fraction of sp³-hybridized carbons (Fsp3) is 0.217. The molecule has 1 unspecified atom stereocenters. The van der Waals surface area contributed by atoms with Gasteiger partial charge in [0.2, 0.25) is 12.2 Å². The summed E-state index contributed by atoms with van der Waals surface area (Å²) in [5, 5.41) is 21.1. The van der Waals surface area contributed by atoms with Crippen LogP contribution in [0.1, 0.15) is 11.1 Å². The first-order valence-corrected chi connectivity index (χ1v) is 11.1. The second-order valence-corrected chi connectivity index (χ2v) is 8.25. The summed E-state index contributed by atoms with van der Waals surface area (Å²) in [6.45, 7) is 3.49. The fourth-order valence-corrected chi connectivity index (χ4v) is 3.60. The number of halogens is 5. The van der Waals surface area contributed by atoms with Crippen LogP contribution in [0.25, 0.3) is 0 Å². The summed E-state index contributed by atoms with van der Waals surface area (Å²) < 4.78 is 43.4. The highest BCUT2D eigenvalue weighted by Crippen LogP contribution is 2.26. The van der Waals surface area contributed by atoms with Crippen molar-refractivity contribution in [3.8, 4) is 6.19 Å². The van der Waals surface area contributed by atoms with E-state index in [9.17, 15) is 23.2 Å². The first kappa shape index (κ1) is 26.8. The first-order valence-electron chi connectivity index (χ1n) is 10.3. The van der Waals surface area contributed by atoms with E-state index >= 15 is 0 Å². The van der Waals surface area contributed by atoms with E-state index in [0.717, 1.165) is 0 Å². The number of guanidine groups is 1. The van der Waals surface area contributed by atoms with E-state index in [1.54, 1.807) is 24.4 Å². The van der Waals surface area contributed by atoms with Gasteiger partial charge in [0.05, 0.1) is 34.8 Å². The Bertz CT molecular complexity index is 1240. The second kappa shape index (κ2) is 11.8. The van der Waals surface area contributed by atoms with Crippen molar-refractivity contribution in [3.05, 3.63) is 76.3 Å². The third kappa shape index (κ3) is 7.37. The molecular weight excluding hydrogens is 520 g/mol. The molecule has 1 amide bonds. The van der Waals surface area contributed by atoms with Gasteiger partial charge in [-0.2, -0.15) is 23.5 Å². The molecule has 0 saturated heterocycles. The first-order chi connectivity index (χ1) is 17.1. The van der Waals surface area contributed by atoms with Gasteiger partial charge in [0.1, 0.15) is 6.61 Å². The molecule has 1 aliphatic rings. The van der Waals surface area contributed by atoms with Gasteiger partial charge in [0, 0.05) is 11.3 Å². The standard InChI is InChI=1S/C23H19Cl2F3N6O2/c1-2-8-36-22(35)32-19-12-34(33-20(19)15-6-7-17(24)18(25)10-15)21(30-13-29)31-16-5-3-4-14(9-16)11-23(26,27)28/h2-7,9-10,19H,1,8,11-12H2,(H,30,31)(H,32,35). The van der Waals surface area contributed by atoms with E-state index < -0.39 is 24.7 Å². The quantitative estimate of drug-likeness (QED) is 0.223. The maximum atomic E-state index is 12.8. The molecule has 1 heterocycles. The van der Waals surface area contributed by atoms with Gasteiger partial charge >= 0.3 is 12.3 Å². The molecule has 1 atom stereocenters. The van der Waals surface area contributed by atoms with Crippen LogP contribution < -0.4 is 10.6 Å². The zero-order valence-electron chi connectivity index (χ0n) is 18.5. The lowest BCUT2D eigenvalue weighted by Gasteiger charge is -2.19. The van der Waals surface area contributed by atoms with Gasteiger partial charge in [0.15, 0.2) is 0 Å². The van der Waals surface area contributed by atoms with Crippen molar-refractivity contribution in [2.24, 2.45) is 10.1 Å². The third-order valence-electron chi connectivity index (χ3n) is 4.74. The number of nitriles is 1. The maximum Gasteiger partial charge on any atom is 0.408 e. The topological polar surface area (TPSA) is 102 Å². The van der Waals surface area contributed by atoms with Crippen LogP contribution in [0.2, 0.25) is 10.0 Å². The van der Waals surface area contributed by atoms with Crippen LogP contribution in [0.3, 0.4) is 0 Å². The smallest absolute Gasteiger partial charge is 0.408 e. The highest BCUT2D eigenvalue weighted by Gasteiger charge is 2.33. The van der Waals surface area contributed by atoms with Gasteiger partial charge in [-0.1, -0.05) is 54.1 Å². The third-order valence-corrected chi connectivity index (χ3v) is 5.48. The van der Waals surface area contributed by atoms with Gasteiger partial charge in [-0.3, -0.25) is 0 Å². The molecule has 3 rings (SSSR count). The number of alkyl halides is 3. The number of anilines is 1. The molecular formula is C23H19Cl2F3N6O2. The van der Waals surface area contributed by atoms with Crippen LogP contribution in [-0.2, 0) is 11.2 Å². The number of aliphatic imine (C=N–C) groups is 1. The lowest BCUT2D eigenvalue weighted by Crippen LogP contribution is -2.44. The predicted molar refractivity (Wildman–Crippen MR) is 131 cm³/mol. The molecule has 188 valence electrons. The predicted octanol–water partition coefficient (Wildman–Crippen LogP) is 5.35. The molecule has 1 aliphatic heterocycles. The molecule has 0 aromatic heterocycles. The van der Waals surface area contributed by atoms with E-state index in [0.29, 0.717) is 16.3 Å². The number of hydrazone groups is 1. The molecule has 0 fully saturated rings. The largest absolute Gasteiger partial charge is 0.445 e. The average molecular weight is 539 g/mol. The Kier molecular flexibility index (Phi) is 8.79. The van der Waals surface area contributed by atoms with Crippen LogP contribution in [-0.4, -0.2) is 48.1 Å². The summed E-state index contributed by atoms with van der Waals surface area (Å²) in [5.74, 6) is -0.0667. The van der Waals surface area contributed by atoms with Gasteiger partial charge in [0.25, 0.3) is 0 Å². The Hall–Kier alpha value is -3.75. The van der Waals surface area contributed by atoms with Crippen LogP contribution in [0.4, 0.5) is 23.7 Å². The summed E-state index contributed by atoms with van der Waals surface area (Å²) in [7, 11) is 0. The average Bonchev–Trinajstić information content (AvgIpc) is 3.22. The van der Waals surface area contributed by atoms with Crippen molar-refractivity contribution in [1.82, 2.24) is 10.3 Å². The van der Waals surface area contributed by atoms with Crippen molar-refractivity contribution in [2.75, 3.05) is 18.5 Å². The van der Waals surface area contributed by atoms with Crippen molar-refractivity contribution in [3.63, 3.8) is 0 Å². The number of hydrogen-bond acceptors (Lipinski definition) is 5. The number of nitrogens with one attached hydrogen (secondary N) is 2. The SMILES string of the molecule is C=CCOC(=O)NC1CN(/C(=N\C#N)Nc2cccc(CC(F)(F)F)c2)N=C1c1ccc(Cl)c(Cl)c1. The molecule has 0 radical (unpaired) electrons. The summed E-state index contributed by atoms with van der Waals surface area (Å²) in [6.07, 6.45) is -3.18. The Labute approximate surface area is 214 Å². The van der Waals surface area contributed by atoms with Gasteiger partial charge in [-0.15, -0.1) is 4.99 Å². The van der Waals surface area contributed by atoms with E-state index in [1.165, 1.54) is 35.4 Å². The molecule has 2 aromatic carbocycles. The Balaban J connectivity index is 1.90. The zero-order chi connectivity index (χ0) is 26.3. The summed E-state index contributed by atoms with van der Waals surface area (Å²) >= 11 is 12.2. The van der Waals surface area contributed by atoms with Crippen LogP contribution in [0.15, 0.2) is 65.2 Å². The highest BCUT2D eigenvalue weighted by molar-refractivity contribution is 6.42. The normalized spacial score (nSPS) is 15.7. The molecule has 2 N–H and O–H groups in total. The summed E-state index contributed by atoms with van der Waals surface area (Å²) in [5.41, 5.74) is 1.18. The highest BCUT2D eigenvalue weighted by atomic mass is 35.5. The number of amides is 1. The molecule has 8 nitrogen and oxygen atoms in total. The number of hydrogen-bond donors (Lipinski definition) is 2. The number of nitrogens with zero attached hydrogens (tertiary/aromatic N) is 4. The number of carbonyl (C=O) groups excluding carboxylic acids is 1. The molecule has 13 heteroatoms. The number of ether oxygens (including phenoxy) is 1. The number of alkyl carbamates (subject to hydrolysis) is 1. The van der Waals surface area contributed by atoms with Crippen LogP contribution in [0, 0.1) is 11.5 Å². The maximum absolute atomic E-state index is 12.8. The molecule has 0 bridgehead atoms. The van der Waals surface area contributed by atoms with Crippen molar-refractivity contribution >= 4 is 46.7 Å². The Morgan fingerprint density at radius 1 is 1.31 bits per heavy atom. The fourth-order valence-electron chi connectivity index (χ4n) is 3.30. The van der Waals surface area contributed by atoms with E-state index in [4.69, 9.17) is 27.9 Å². The van der Waals surface area contributed by atoms with Crippen molar-refractivity contribution < 1.29 is 22.7 Å². The number of benzene rings is 2. The minimum Gasteiger partial charge on any atom is -0.445 e.